The van der Waals surface area contributed by atoms with Crippen molar-refractivity contribution >= 4 is 36.4 Å². The van der Waals surface area contributed by atoms with Crippen molar-refractivity contribution in [2.24, 2.45) is 0 Å². The van der Waals surface area contributed by atoms with Crippen LogP contribution in [-0.4, -0.2) is 48.0 Å². The third-order valence-corrected chi connectivity index (χ3v) is 2.95. The van der Waals surface area contributed by atoms with Gasteiger partial charge in [0.05, 0.1) is 6.54 Å². The zero-order chi connectivity index (χ0) is 12.1. The molecule has 0 spiro atoms. The van der Waals surface area contributed by atoms with Crippen LogP contribution in [0.3, 0.4) is 0 Å². The summed E-state index contributed by atoms with van der Waals surface area (Å²) < 4.78 is 0. The molecule has 0 saturated carbocycles. The summed E-state index contributed by atoms with van der Waals surface area (Å²) >= 11 is 0. The Labute approximate surface area is 126 Å². The van der Waals surface area contributed by atoms with Gasteiger partial charge in [-0.05, 0) is 19.1 Å². The lowest BCUT2D eigenvalue weighted by Crippen LogP contribution is -2.51. The lowest BCUT2D eigenvalue weighted by Gasteiger charge is -2.33. The van der Waals surface area contributed by atoms with Gasteiger partial charge in [-0.3, -0.25) is 14.7 Å². The second-order valence-corrected chi connectivity index (χ2v) is 4.31. The molecule has 5 nitrogen and oxygen atoms in total. The predicted molar refractivity (Wildman–Crippen MR) is 81.3 cm³/mol. The number of piperazine rings is 1. The van der Waals surface area contributed by atoms with Crippen molar-refractivity contribution in [3.05, 3.63) is 24.5 Å². The SMILES string of the molecule is C[C@H]1CNCCN1CC(=O)Nc1ccncc1.Cl.Cl. The van der Waals surface area contributed by atoms with Crippen LogP contribution in [0.4, 0.5) is 5.69 Å². The van der Waals surface area contributed by atoms with E-state index in [-0.39, 0.29) is 30.7 Å². The highest BCUT2D eigenvalue weighted by molar-refractivity contribution is 5.92. The number of carbonyl (C=O) groups excluding carboxylic acids is 1. The zero-order valence-corrected chi connectivity index (χ0v) is 12.5. The molecule has 0 aliphatic carbocycles. The summed E-state index contributed by atoms with van der Waals surface area (Å²) in [6, 6.07) is 3.99. The number of halogens is 2. The lowest BCUT2D eigenvalue weighted by molar-refractivity contribution is -0.118. The van der Waals surface area contributed by atoms with E-state index in [1.807, 2.05) is 0 Å². The number of nitrogens with one attached hydrogen (secondary N) is 2. The maximum absolute atomic E-state index is 11.8. The maximum Gasteiger partial charge on any atom is 0.238 e. The first-order chi connectivity index (χ1) is 8.25. The van der Waals surface area contributed by atoms with Gasteiger partial charge in [0.2, 0.25) is 5.91 Å². The number of carbonyl (C=O) groups is 1. The van der Waals surface area contributed by atoms with E-state index in [0.717, 1.165) is 25.3 Å². The smallest absolute Gasteiger partial charge is 0.238 e. The minimum Gasteiger partial charge on any atom is -0.325 e. The zero-order valence-electron chi connectivity index (χ0n) is 10.8. The molecule has 1 aromatic heterocycles. The fourth-order valence-corrected chi connectivity index (χ4v) is 1.94. The van der Waals surface area contributed by atoms with Gasteiger partial charge < -0.3 is 10.6 Å². The largest absolute Gasteiger partial charge is 0.325 e. The molecule has 1 atom stereocenters. The Hall–Kier alpha value is -0.880. The molecule has 2 N–H and O–H groups in total. The number of pyridine rings is 1. The molecule has 0 unspecified atom stereocenters. The van der Waals surface area contributed by atoms with E-state index in [1.165, 1.54) is 0 Å². The summed E-state index contributed by atoms with van der Waals surface area (Å²) in [5.74, 6) is 0.0324. The number of rotatable bonds is 3. The van der Waals surface area contributed by atoms with Crippen molar-refractivity contribution < 1.29 is 4.79 Å². The minimum absolute atomic E-state index is 0. The van der Waals surface area contributed by atoms with Gasteiger partial charge in [0.15, 0.2) is 0 Å². The van der Waals surface area contributed by atoms with Crippen molar-refractivity contribution in [3.63, 3.8) is 0 Å². The molecule has 0 radical (unpaired) electrons. The van der Waals surface area contributed by atoms with E-state index in [9.17, 15) is 4.79 Å². The molecular formula is C12H20Cl2N4O. The van der Waals surface area contributed by atoms with Gasteiger partial charge in [-0.25, -0.2) is 0 Å². The highest BCUT2D eigenvalue weighted by atomic mass is 35.5. The Balaban J connectivity index is 0.00000162. The Morgan fingerprint density at radius 2 is 2.16 bits per heavy atom. The number of anilines is 1. The van der Waals surface area contributed by atoms with Gasteiger partial charge in [-0.1, -0.05) is 0 Å². The topological polar surface area (TPSA) is 57.3 Å². The number of nitrogens with zero attached hydrogens (tertiary/aromatic N) is 2. The lowest BCUT2D eigenvalue weighted by atomic mass is 10.2. The molecule has 2 rings (SSSR count). The molecule has 108 valence electrons. The molecule has 1 aromatic rings. The van der Waals surface area contributed by atoms with Crippen molar-refractivity contribution in [2.75, 3.05) is 31.5 Å². The van der Waals surface area contributed by atoms with Crippen molar-refractivity contribution in [2.45, 2.75) is 13.0 Å². The van der Waals surface area contributed by atoms with Crippen LogP contribution in [0.15, 0.2) is 24.5 Å². The van der Waals surface area contributed by atoms with Crippen molar-refractivity contribution in [3.8, 4) is 0 Å². The summed E-state index contributed by atoms with van der Waals surface area (Å²) in [5.41, 5.74) is 0.799. The van der Waals surface area contributed by atoms with Crippen LogP contribution in [0, 0.1) is 0 Å². The summed E-state index contributed by atoms with van der Waals surface area (Å²) in [4.78, 5) is 17.9. The molecule has 0 aromatic carbocycles. The van der Waals surface area contributed by atoms with Crippen molar-refractivity contribution in [1.29, 1.82) is 0 Å². The minimum atomic E-state index is 0. The van der Waals surface area contributed by atoms with Crippen LogP contribution in [0.2, 0.25) is 0 Å². The van der Waals surface area contributed by atoms with Gasteiger partial charge in [-0.15, -0.1) is 24.8 Å². The molecule has 2 heterocycles. The van der Waals surface area contributed by atoms with E-state index in [4.69, 9.17) is 0 Å². The van der Waals surface area contributed by atoms with E-state index in [2.05, 4.69) is 27.4 Å². The highest BCUT2D eigenvalue weighted by Crippen LogP contribution is 2.05. The quantitative estimate of drug-likeness (QED) is 0.880. The van der Waals surface area contributed by atoms with E-state index < -0.39 is 0 Å². The third-order valence-electron chi connectivity index (χ3n) is 2.95. The second-order valence-electron chi connectivity index (χ2n) is 4.31. The molecule has 1 amide bonds. The van der Waals surface area contributed by atoms with Crippen LogP contribution in [0.1, 0.15) is 6.92 Å². The fourth-order valence-electron chi connectivity index (χ4n) is 1.94. The fraction of sp³-hybridized carbons (Fsp3) is 0.500. The van der Waals surface area contributed by atoms with E-state index in [0.29, 0.717) is 12.6 Å². The number of aromatic nitrogens is 1. The Bertz CT molecular complexity index is 377. The summed E-state index contributed by atoms with van der Waals surface area (Å²) in [6.07, 6.45) is 3.34. The van der Waals surface area contributed by atoms with Crippen molar-refractivity contribution in [1.82, 2.24) is 15.2 Å². The average Bonchev–Trinajstić information content (AvgIpc) is 2.33. The third kappa shape index (κ3) is 5.74. The second kappa shape index (κ2) is 9.09. The molecular weight excluding hydrogens is 287 g/mol. The average molecular weight is 307 g/mol. The van der Waals surface area contributed by atoms with Crippen LogP contribution in [-0.2, 0) is 4.79 Å². The number of amides is 1. The Morgan fingerprint density at radius 3 is 2.79 bits per heavy atom. The van der Waals surface area contributed by atoms with Gasteiger partial charge in [-0.2, -0.15) is 0 Å². The first-order valence-corrected chi connectivity index (χ1v) is 5.90. The molecule has 0 bridgehead atoms. The van der Waals surface area contributed by atoms with Gasteiger partial charge >= 0.3 is 0 Å². The normalized spacial score (nSPS) is 18.9. The molecule has 1 aliphatic rings. The summed E-state index contributed by atoms with van der Waals surface area (Å²) in [6.45, 7) is 5.40. The van der Waals surface area contributed by atoms with Gasteiger partial charge in [0.25, 0.3) is 0 Å². The maximum atomic E-state index is 11.8. The van der Waals surface area contributed by atoms with E-state index in [1.54, 1.807) is 24.5 Å². The van der Waals surface area contributed by atoms with Gasteiger partial charge in [0, 0.05) is 43.8 Å². The Kier molecular flexibility index (Phi) is 8.67. The number of hydrogen-bond donors (Lipinski definition) is 2. The summed E-state index contributed by atoms with van der Waals surface area (Å²) in [5, 5.41) is 6.17. The Morgan fingerprint density at radius 1 is 1.47 bits per heavy atom. The first-order valence-electron chi connectivity index (χ1n) is 5.90. The highest BCUT2D eigenvalue weighted by Gasteiger charge is 2.19. The molecule has 1 fully saturated rings. The van der Waals surface area contributed by atoms with Crippen LogP contribution in [0.25, 0.3) is 0 Å². The standard InChI is InChI=1S/C12H18N4O.2ClH/c1-10-8-14-6-7-16(10)9-12(17)15-11-2-4-13-5-3-11;;/h2-5,10,14H,6-9H2,1H3,(H,13,15,17);2*1H/t10-;;/m0../s1. The molecule has 1 aliphatic heterocycles. The van der Waals surface area contributed by atoms with E-state index >= 15 is 0 Å². The molecule has 7 heteroatoms. The van der Waals surface area contributed by atoms with Crippen LogP contribution < -0.4 is 10.6 Å². The monoisotopic (exact) mass is 306 g/mol. The van der Waals surface area contributed by atoms with Crippen LogP contribution >= 0.6 is 24.8 Å². The molecule has 1 saturated heterocycles. The van der Waals surface area contributed by atoms with Crippen LogP contribution in [0.5, 0.6) is 0 Å². The number of hydrogen-bond acceptors (Lipinski definition) is 4. The predicted octanol–water partition coefficient (Wildman–Crippen LogP) is 1.16. The molecule has 19 heavy (non-hydrogen) atoms. The van der Waals surface area contributed by atoms with Gasteiger partial charge in [0.1, 0.15) is 0 Å². The first kappa shape index (κ1) is 18.1. The summed E-state index contributed by atoms with van der Waals surface area (Å²) in [7, 11) is 0.